The van der Waals surface area contributed by atoms with Gasteiger partial charge < -0.3 is 20.3 Å². The fourth-order valence-corrected chi connectivity index (χ4v) is 3.37. The summed E-state index contributed by atoms with van der Waals surface area (Å²) in [5, 5.41) is 7.24. The Bertz CT molecular complexity index is 809. The average molecular weight is 405 g/mol. The minimum atomic E-state index is -0.206. The fraction of sp³-hybridized carbons (Fsp3) is 0.381. The van der Waals surface area contributed by atoms with Crippen LogP contribution in [0.3, 0.4) is 0 Å². The largest absolute Gasteiger partial charge is 0.378 e. The van der Waals surface area contributed by atoms with E-state index in [9.17, 15) is 4.39 Å². The van der Waals surface area contributed by atoms with Gasteiger partial charge in [-0.25, -0.2) is 4.39 Å². The van der Waals surface area contributed by atoms with Crippen LogP contribution < -0.4 is 15.5 Å². The molecule has 0 bridgehead atoms. The summed E-state index contributed by atoms with van der Waals surface area (Å²) in [6.07, 6.45) is 0.795. The summed E-state index contributed by atoms with van der Waals surface area (Å²) in [7, 11) is 1.72. The summed E-state index contributed by atoms with van der Waals surface area (Å²) >= 11 is 6.18. The number of benzene rings is 2. The van der Waals surface area contributed by atoms with Gasteiger partial charge in [0.2, 0.25) is 0 Å². The monoisotopic (exact) mass is 404 g/mol. The first-order chi connectivity index (χ1) is 13.7. The molecule has 0 amide bonds. The van der Waals surface area contributed by atoms with Gasteiger partial charge in [-0.3, -0.25) is 4.99 Å². The predicted octanol–water partition coefficient (Wildman–Crippen LogP) is 3.22. The second kappa shape index (κ2) is 10.3. The molecular formula is C21H26ClFN4O. The van der Waals surface area contributed by atoms with Crippen LogP contribution in [0.5, 0.6) is 0 Å². The summed E-state index contributed by atoms with van der Waals surface area (Å²) < 4.78 is 19.8. The number of ether oxygens (including phenoxy) is 1. The van der Waals surface area contributed by atoms with Gasteiger partial charge >= 0.3 is 0 Å². The van der Waals surface area contributed by atoms with E-state index in [-0.39, 0.29) is 5.82 Å². The molecule has 0 radical (unpaired) electrons. The summed E-state index contributed by atoms with van der Waals surface area (Å²) in [6, 6.07) is 13.2. The third-order valence-electron chi connectivity index (χ3n) is 4.69. The molecule has 2 aromatic carbocycles. The minimum absolute atomic E-state index is 0.206. The van der Waals surface area contributed by atoms with Crippen molar-refractivity contribution in [2.75, 3.05) is 44.8 Å². The minimum Gasteiger partial charge on any atom is -0.378 e. The lowest BCUT2D eigenvalue weighted by atomic mass is 10.1. The topological polar surface area (TPSA) is 48.9 Å². The first-order valence-electron chi connectivity index (χ1n) is 9.46. The number of halogens is 2. The highest BCUT2D eigenvalue weighted by molar-refractivity contribution is 6.31. The summed E-state index contributed by atoms with van der Waals surface area (Å²) in [6.45, 7) is 3.91. The zero-order valence-corrected chi connectivity index (χ0v) is 16.8. The average Bonchev–Trinajstić information content (AvgIpc) is 2.72. The van der Waals surface area contributed by atoms with Crippen LogP contribution in [0.2, 0.25) is 5.02 Å². The van der Waals surface area contributed by atoms with Crippen LogP contribution in [0.1, 0.15) is 11.1 Å². The van der Waals surface area contributed by atoms with Gasteiger partial charge in [0.25, 0.3) is 0 Å². The highest BCUT2D eigenvalue weighted by atomic mass is 35.5. The van der Waals surface area contributed by atoms with Crippen molar-refractivity contribution >= 4 is 23.2 Å². The summed E-state index contributed by atoms with van der Waals surface area (Å²) in [4.78, 5) is 6.23. The zero-order valence-electron chi connectivity index (χ0n) is 16.0. The molecule has 5 nitrogen and oxygen atoms in total. The van der Waals surface area contributed by atoms with E-state index >= 15 is 0 Å². The quantitative estimate of drug-likeness (QED) is 0.573. The second-order valence-electron chi connectivity index (χ2n) is 6.58. The molecule has 0 aromatic heterocycles. The number of anilines is 1. The number of nitrogens with one attached hydrogen (secondary N) is 2. The fourth-order valence-electron chi connectivity index (χ4n) is 3.14. The van der Waals surface area contributed by atoms with E-state index in [0.29, 0.717) is 38.0 Å². The lowest BCUT2D eigenvalue weighted by Gasteiger charge is -2.29. The molecule has 1 heterocycles. The molecule has 2 N–H and O–H groups in total. The Morgan fingerprint density at radius 3 is 2.68 bits per heavy atom. The second-order valence-corrected chi connectivity index (χ2v) is 6.99. The van der Waals surface area contributed by atoms with E-state index in [0.717, 1.165) is 35.7 Å². The third-order valence-corrected chi connectivity index (χ3v) is 5.06. The van der Waals surface area contributed by atoms with Crippen molar-refractivity contribution in [2.45, 2.75) is 13.0 Å². The lowest BCUT2D eigenvalue weighted by molar-refractivity contribution is 0.122. The van der Waals surface area contributed by atoms with E-state index in [1.54, 1.807) is 13.1 Å². The standard InChI is InChI=1S/C21H26ClFN4O/c1-24-21(25-9-8-17-4-2-3-5-18(17)22)26-15-16-6-7-20(19(23)14-16)27-10-12-28-13-11-27/h2-7,14H,8-13,15H2,1H3,(H2,24,25,26). The van der Waals surface area contributed by atoms with Crippen molar-refractivity contribution in [3.63, 3.8) is 0 Å². The molecule has 0 saturated carbocycles. The molecule has 1 fully saturated rings. The molecule has 0 unspecified atom stereocenters. The van der Waals surface area contributed by atoms with Crippen LogP contribution in [0.25, 0.3) is 0 Å². The smallest absolute Gasteiger partial charge is 0.191 e. The number of morpholine rings is 1. The molecule has 0 aliphatic carbocycles. The number of aliphatic imine (C=N–C) groups is 1. The molecule has 0 spiro atoms. The van der Waals surface area contributed by atoms with E-state index in [4.69, 9.17) is 16.3 Å². The van der Waals surface area contributed by atoms with Gasteiger partial charge in [0, 0.05) is 38.2 Å². The van der Waals surface area contributed by atoms with E-state index in [1.807, 2.05) is 41.3 Å². The number of nitrogens with zero attached hydrogens (tertiary/aromatic N) is 2. The maximum absolute atomic E-state index is 14.5. The van der Waals surface area contributed by atoms with Gasteiger partial charge in [-0.2, -0.15) is 0 Å². The molecule has 3 rings (SSSR count). The normalized spacial score (nSPS) is 14.8. The van der Waals surface area contributed by atoms with E-state index in [1.165, 1.54) is 0 Å². The van der Waals surface area contributed by atoms with Crippen LogP contribution in [-0.4, -0.2) is 45.9 Å². The van der Waals surface area contributed by atoms with Crippen molar-refractivity contribution in [1.82, 2.24) is 10.6 Å². The van der Waals surface area contributed by atoms with Gasteiger partial charge in [-0.1, -0.05) is 35.9 Å². The maximum Gasteiger partial charge on any atom is 0.191 e. The van der Waals surface area contributed by atoms with Crippen LogP contribution in [0.15, 0.2) is 47.5 Å². The van der Waals surface area contributed by atoms with Crippen molar-refractivity contribution in [1.29, 1.82) is 0 Å². The molecule has 0 atom stereocenters. The molecule has 150 valence electrons. The number of hydrogen-bond acceptors (Lipinski definition) is 3. The van der Waals surface area contributed by atoms with Gasteiger partial charge in [0.15, 0.2) is 5.96 Å². The molecular weight excluding hydrogens is 379 g/mol. The SMILES string of the molecule is CN=C(NCCc1ccccc1Cl)NCc1ccc(N2CCOCC2)c(F)c1. The van der Waals surface area contributed by atoms with Crippen molar-refractivity contribution in [3.8, 4) is 0 Å². The Morgan fingerprint density at radius 1 is 1.18 bits per heavy atom. The molecule has 1 saturated heterocycles. The predicted molar refractivity (Wildman–Crippen MR) is 113 cm³/mol. The van der Waals surface area contributed by atoms with Crippen LogP contribution in [0, 0.1) is 5.82 Å². The number of hydrogen-bond donors (Lipinski definition) is 2. The van der Waals surface area contributed by atoms with Crippen molar-refractivity contribution in [2.24, 2.45) is 4.99 Å². The summed E-state index contributed by atoms with van der Waals surface area (Å²) in [5.74, 6) is 0.465. The van der Waals surface area contributed by atoms with Crippen LogP contribution >= 0.6 is 11.6 Å². The van der Waals surface area contributed by atoms with Gasteiger partial charge in [-0.15, -0.1) is 0 Å². The molecule has 7 heteroatoms. The number of rotatable bonds is 6. The number of guanidine groups is 1. The van der Waals surface area contributed by atoms with Crippen molar-refractivity contribution < 1.29 is 9.13 Å². The first kappa shape index (κ1) is 20.4. The van der Waals surface area contributed by atoms with Crippen LogP contribution in [-0.2, 0) is 17.7 Å². The van der Waals surface area contributed by atoms with Gasteiger partial charge in [0.05, 0.1) is 18.9 Å². The van der Waals surface area contributed by atoms with E-state index < -0.39 is 0 Å². The Kier molecular flexibility index (Phi) is 7.51. The molecule has 28 heavy (non-hydrogen) atoms. The Morgan fingerprint density at radius 2 is 1.96 bits per heavy atom. The van der Waals surface area contributed by atoms with Crippen molar-refractivity contribution in [3.05, 3.63) is 64.4 Å². The summed E-state index contributed by atoms with van der Waals surface area (Å²) in [5.41, 5.74) is 2.59. The van der Waals surface area contributed by atoms with E-state index in [2.05, 4.69) is 15.6 Å². The molecule has 1 aliphatic heterocycles. The Balaban J connectivity index is 1.49. The third kappa shape index (κ3) is 5.59. The molecule has 2 aromatic rings. The van der Waals surface area contributed by atoms with Gasteiger partial charge in [0.1, 0.15) is 5.82 Å². The highest BCUT2D eigenvalue weighted by Crippen LogP contribution is 2.21. The molecule has 1 aliphatic rings. The van der Waals surface area contributed by atoms with Gasteiger partial charge in [-0.05, 0) is 35.7 Å². The van der Waals surface area contributed by atoms with Crippen LogP contribution in [0.4, 0.5) is 10.1 Å². The Labute approximate surface area is 170 Å². The lowest BCUT2D eigenvalue weighted by Crippen LogP contribution is -2.38. The zero-order chi connectivity index (χ0) is 19.8. The highest BCUT2D eigenvalue weighted by Gasteiger charge is 2.15. The first-order valence-corrected chi connectivity index (χ1v) is 9.84. The Hall–Kier alpha value is -2.31. The maximum atomic E-state index is 14.5.